The summed E-state index contributed by atoms with van der Waals surface area (Å²) in [5.74, 6) is -1.58. The van der Waals surface area contributed by atoms with Crippen molar-refractivity contribution in [1.82, 2.24) is 16.0 Å². The zero-order valence-electron chi connectivity index (χ0n) is 20.9. The molecule has 2 atom stereocenters. The molecule has 0 aliphatic rings. The van der Waals surface area contributed by atoms with E-state index in [2.05, 4.69) is 16.0 Å². The van der Waals surface area contributed by atoms with E-state index in [0.717, 1.165) is 6.54 Å². The van der Waals surface area contributed by atoms with Gasteiger partial charge in [0, 0.05) is 13.0 Å². The fourth-order valence-corrected chi connectivity index (χ4v) is 2.75. The van der Waals surface area contributed by atoms with Crippen molar-refractivity contribution in [2.45, 2.75) is 45.2 Å². The van der Waals surface area contributed by atoms with E-state index >= 15 is 0 Å². The Kier molecular flexibility index (Phi) is 20.5. The van der Waals surface area contributed by atoms with Gasteiger partial charge in [-0.2, -0.15) is 0 Å². The Balaban J connectivity index is 3.95. The van der Waals surface area contributed by atoms with E-state index in [1.54, 1.807) is 13.8 Å². The van der Waals surface area contributed by atoms with Crippen LogP contribution >= 0.6 is 0 Å². The molecule has 0 rings (SSSR count). The molecule has 0 aromatic carbocycles. The van der Waals surface area contributed by atoms with Crippen molar-refractivity contribution in [2.75, 3.05) is 73.0 Å². The van der Waals surface area contributed by atoms with E-state index in [0.29, 0.717) is 65.6 Å². The van der Waals surface area contributed by atoms with Crippen molar-refractivity contribution in [3.8, 4) is 0 Å². The van der Waals surface area contributed by atoms with Crippen LogP contribution in [0.25, 0.3) is 0 Å². The Morgan fingerprint density at radius 2 is 1.35 bits per heavy atom. The maximum absolute atomic E-state index is 12.6. The predicted octanol–water partition coefficient (Wildman–Crippen LogP) is -1.49. The third-order valence-electron chi connectivity index (χ3n) is 4.71. The molecule has 3 amide bonds. The predicted molar refractivity (Wildman–Crippen MR) is 128 cm³/mol. The number of amides is 3. The van der Waals surface area contributed by atoms with Gasteiger partial charge in [-0.25, -0.2) is 0 Å². The lowest BCUT2D eigenvalue weighted by molar-refractivity contribution is -0.132. The standard InChI is InChI=1S/C22H45N5O7/c1-17(2)20(22(30)26-18(21(24)29)5-4-7-23)27-19(28)6-9-31-11-13-33-15-16-34-14-12-32-10-8-25-3/h17-18,20,25H,4-16,23H2,1-3H3,(H2,24,29)(H,26,30)(H,27,28). The largest absolute Gasteiger partial charge is 0.379 e. The van der Waals surface area contributed by atoms with Crippen LogP contribution in [0.5, 0.6) is 0 Å². The average Bonchev–Trinajstić information content (AvgIpc) is 2.79. The Labute approximate surface area is 203 Å². The molecular formula is C22H45N5O7. The SMILES string of the molecule is CNCCOCCOCCOCCOCCC(=O)NC(C(=O)NC(CCCN)C(N)=O)C(C)C. The number of primary amides is 1. The number of hydrogen-bond donors (Lipinski definition) is 5. The molecule has 2 unspecified atom stereocenters. The number of carbonyl (C=O) groups is 3. The molecule has 0 aromatic rings. The van der Waals surface area contributed by atoms with Gasteiger partial charge in [-0.15, -0.1) is 0 Å². The van der Waals surface area contributed by atoms with Crippen LogP contribution in [0.15, 0.2) is 0 Å². The van der Waals surface area contributed by atoms with Crippen LogP contribution in [0.1, 0.15) is 33.1 Å². The van der Waals surface area contributed by atoms with Crippen LogP contribution in [-0.4, -0.2) is 103 Å². The summed E-state index contributed by atoms with van der Waals surface area (Å²) in [5, 5.41) is 8.29. The van der Waals surface area contributed by atoms with Crippen LogP contribution in [0.2, 0.25) is 0 Å². The van der Waals surface area contributed by atoms with Gasteiger partial charge in [0.2, 0.25) is 17.7 Å². The number of carbonyl (C=O) groups excluding carboxylic acids is 3. The zero-order valence-corrected chi connectivity index (χ0v) is 20.9. The van der Waals surface area contributed by atoms with Gasteiger partial charge in [0.1, 0.15) is 12.1 Å². The third-order valence-corrected chi connectivity index (χ3v) is 4.71. The highest BCUT2D eigenvalue weighted by atomic mass is 16.6. The Bertz CT molecular complexity index is 552. The van der Waals surface area contributed by atoms with Crippen molar-refractivity contribution in [2.24, 2.45) is 17.4 Å². The zero-order chi connectivity index (χ0) is 25.6. The third kappa shape index (κ3) is 17.6. The number of nitrogens with two attached hydrogens (primary N) is 2. The van der Waals surface area contributed by atoms with Crippen LogP contribution < -0.4 is 27.4 Å². The highest BCUT2D eigenvalue weighted by Crippen LogP contribution is 2.05. The number of hydrogen-bond acceptors (Lipinski definition) is 9. The smallest absolute Gasteiger partial charge is 0.243 e. The molecule has 0 saturated carbocycles. The van der Waals surface area contributed by atoms with Crippen molar-refractivity contribution < 1.29 is 33.3 Å². The van der Waals surface area contributed by atoms with Gasteiger partial charge < -0.3 is 46.4 Å². The van der Waals surface area contributed by atoms with Gasteiger partial charge in [-0.3, -0.25) is 14.4 Å². The molecule has 0 bridgehead atoms. The molecular weight excluding hydrogens is 446 g/mol. The molecule has 0 spiro atoms. The van der Waals surface area contributed by atoms with E-state index in [4.69, 9.17) is 30.4 Å². The summed E-state index contributed by atoms with van der Waals surface area (Å²) in [7, 11) is 1.87. The minimum atomic E-state index is -0.820. The van der Waals surface area contributed by atoms with E-state index in [9.17, 15) is 14.4 Å². The molecule has 0 aliphatic carbocycles. The summed E-state index contributed by atoms with van der Waals surface area (Å²) in [4.78, 5) is 36.4. The lowest BCUT2D eigenvalue weighted by Crippen LogP contribution is -2.54. The Hall–Kier alpha value is -1.83. The molecule has 34 heavy (non-hydrogen) atoms. The van der Waals surface area contributed by atoms with E-state index < -0.39 is 23.9 Å². The molecule has 0 aromatic heterocycles. The minimum absolute atomic E-state index is 0.0968. The maximum Gasteiger partial charge on any atom is 0.243 e. The summed E-state index contributed by atoms with van der Waals surface area (Å²) < 4.78 is 21.5. The quantitative estimate of drug-likeness (QED) is 0.107. The topological polar surface area (TPSA) is 176 Å². The molecule has 12 nitrogen and oxygen atoms in total. The summed E-state index contributed by atoms with van der Waals surface area (Å²) in [6.45, 7) is 8.37. The van der Waals surface area contributed by atoms with Crippen molar-refractivity contribution in [1.29, 1.82) is 0 Å². The summed E-state index contributed by atoms with van der Waals surface area (Å²) in [6.07, 6.45) is 0.996. The number of likely N-dealkylation sites (N-methyl/N-ethyl adjacent to an activating group) is 1. The van der Waals surface area contributed by atoms with E-state index in [-0.39, 0.29) is 24.9 Å². The summed E-state index contributed by atoms with van der Waals surface area (Å²) >= 11 is 0. The highest BCUT2D eigenvalue weighted by molar-refractivity contribution is 5.91. The lowest BCUT2D eigenvalue weighted by Gasteiger charge is -2.24. The monoisotopic (exact) mass is 491 g/mol. The minimum Gasteiger partial charge on any atom is -0.379 e. The molecule has 0 saturated heterocycles. The van der Waals surface area contributed by atoms with Gasteiger partial charge in [-0.05, 0) is 32.4 Å². The Morgan fingerprint density at radius 1 is 0.824 bits per heavy atom. The van der Waals surface area contributed by atoms with Crippen LogP contribution in [0, 0.1) is 5.92 Å². The van der Waals surface area contributed by atoms with Crippen LogP contribution in [-0.2, 0) is 33.3 Å². The van der Waals surface area contributed by atoms with Crippen molar-refractivity contribution in [3.05, 3.63) is 0 Å². The van der Waals surface area contributed by atoms with E-state index in [1.165, 1.54) is 0 Å². The normalized spacial score (nSPS) is 13.0. The molecule has 0 fully saturated rings. The lowest BCUT2D eigenvalue weighted by atomic mass is 10.0. The first-order valence-corrected chi connectivity index (χ1v) is 11.9. The Morgan fingerprint density at radius 3 is 1.82 bits per heavy atom. The molecule has 0 heterocycles. The van der Waals surface area contributed by atoms with Crippen LogP contribution in [0.3, 0.4) is 0 Å². The maximum atomic E-state index is 12.6. The molecule has 12 heteroatoms. The molecule has 0 aliphatic heterocycles. The first-order valence-electron chi connectivity index (χ1n) is 11.9. The second-order valence-corrected chi connectivity index (χ2v) is 7.99. The van der Waals surface area contributed by atoms with Gasteiger partial charge in [-0.1, -0.05) is 13.8 Å². The first-order chi connectivity index (χ1) is 16.3. The summed E-state index contributed by atoms with van der Waals surface area (Å²) in [6, 6.07) is -1.61. The fourth-order valence-electron chi connectivity index (χ4n) is 2.75. The van der Waals surface area contributed by atoms with Gasteiger partial charge >= 0.3 is 0 Å². The van der Waals surface area contributed by atoms with E-state index in [1.807, 2.05) is 7.05 Å². The number of rotatable bonds is 23. The summed E-state index contributed by atoms with van der Waals surface area (Å²) in [5.41, 5.74) is 10.8. The average molecular weight is 492 g/mol. The van der Waals surface area contributed by atoms with Crippen molar-refractivity contribution >= 4 is 17.7 Å². The number of ether oxygens (including phenoxy) is 4. The number of nitrogens with one attached hydrogen (secondary N) is 3. The fraction of sp³-hybridized carbons (Fsp3) is 0.864. The van der Waals surface area contributed by atoms with Gasteiger partial charge in [0.25, 0.3) is 0 Å². The molecule has 0 radical (unpaired) electrons. The van der Waals surface area contributed by atoms with Crippen molar-refractivity contribution in [3.63, 3.8) is 0 Å². The van der Waals surface area contributed by atoms with Gasteiger partial charge in [0.15, 0.2) is 0 Å². The first kappa shape index (κ1) is 32.2. The molecule has 7 N–H and O–H groups in total. The highest BCUT2D eigenvalue weighted by Gasteiger charge is 2.27. The van der Waals surface area contributed by atoms with Gasteiger partial charge in [0.05, 0.1) is 52.9 Å². The second-order valence-electron chi connectivity index (χ2n) is 7.99. The second kappa shape index (κ2) is 21.7. The van der Waals surface area contributed by atoms with Crippen LogP contribution in [0.4, 0.5) is 0 Å². The molecule has 200 valence electrons.